The first-order valence-corrected chi connectivity index (χ1v) is 8.58. The summed E-state index contributed by atoms with van der Waals surface area (Å²) in [6.07, 6.45) is -3.72. The lowest BCUT2D eigenvalue weighted by atomic mass is 10.2. The van der Waals surface area contributed by atoms with Gasteiger partial charge in [-0.3, -0.25) is 9.69 Å². The van der Waals surface area contributed by atoms with Crippen molar-refractivity contribution in [1.82, 2.24) is 15.5 Å². The van der Waals surface area contributed by atoms with Gasteiger partial charge in [-0.2, -0.15) is 13.2 Å². The minimum absolute atomic E-state index is 0. The fourth-order valence-corrected chi connectivity index (χ4v) is 3.55. The Morgan fingerprint density at radius 3 is 2.58 bits per heavy atom. The highest BCUT2D eigenvalue weighted by Crippen LogP contribution is 2.25. The number of nitrogens with one attached hydrogen (secondary N) is 2. The lowest BCUT2D eigenvalue weighted by molar-refractivity contribution is -0.184. The zero-order valence-electron chi connectivity index (χ0n) is 12.9. The molecule has 2 N–H and O–H groups in total. The molecule has 0 aromatic carbocycles. The molecule has 4 nitrogen and oxygen atoms in total. The standard InChI is InChI=1S/C14H19ClF3N3OS.ClH/c15-12-3-1-10(23-12)2-4-13(22)20-9-11(14(16,17)18)21-7-5-19-6-8-21;/h1,3,11,19H,2,4-9H2,(H,20,22);1H. The second-order valence-electron chi connectivity index (χ2n) is 5.35. The Balaban J connectivity index is 0.00000288. The summed E-state index contributed by atoms with van der Waals surface area (Å²) in [5.74, 6) is -0.376. The van der Waals surface area contributed by atoms with Crippen molar-refractivity contribution in [2.24, 2.45) is 0 Å². The molecular formula is C14H20Cl2F3N3OS. The number of amides is 1. The first-order valence-electron chi connectivity index (χ1n) is 7.38. The highest BCUT2D eigenvalue weighted by atomic mass is 35.5. The highest BCUT2D eigenvalue weighted by Gasteiger charge is 2.43. The van der Waals surface area contributed by atoms with Crippen LogP contribution in [0.3, 0.4) is 0 Å². The number of hydrogen-bond donors (Lipinski definition) is 2. The molecule has 0 aliphatic carbocycles. The number of aryl methyl sites for hydroxylation is 1. The van der Waals surface area contributed by atoms with E-state index in [9.17, 15) is 18.0 Å². The number of piperazine rings is 1. The highest BCUT2D eigenvalue weighted by molar-refractivity contribution is 7.16. The first kappa shape index (κ1) is 21.5. The van der Waals surface area contributed by atoms with E-state index in [4.69, 9.17) is 11.6 Å². The van der Waals surface area contributed by atoms with E-state index in [-0.39, 0.29) is 24.7 Å². The lowest BCUT2D eigenvalue weighted by Crippen LogP contribution is -2.57. The van der Waals surface area contributed by atoms with Gasteiger partial charge in [-0.25, -0.2) is 0 Å². The van der Waals surface area contributed by atoms with E-state index in [0.717, 1.165) is 4.88 Å². The second-order valence-corrected chi connectivity index (χ2v) is 7.15. The Bertz CT molecular complexity index is 522. The van der Waals surface area contributed by atoms with Crippen LogP contribution < -0.4 is 10.6 Å². The van der Waals surface area contributed by atoms with E-state index >= 15 is 0 Å². The third-order valence-corrected chi connectivity index (χ3v) is 4.98. The van der Waals surface area contributed by atoms with Crippen LogP contribution in [0, 0.1) is 0 Å². The second kappa shape index (κ2) is 9.82. The average Bonchev–Trinajstić information content (AvgIpc) is 2.91. The van der Waals surface area contributed by atoms with Crippen molar-refractivity contribution < 1.29 is 18.0 Å². The minimum Gasteiger partial charge on any atom is -0.354 e. The van der Waals surface area contributed by atoms with Gasteiger partial charge in [0, 0.05) is 44.0 Å². The van der Waals surface area contributed by atoms with Gasteiger partial charge in [0.25, 0.3) is 0 Å². The van der Waals surface area contributed by atoms with Crippen LogP contribution in [0.4, 0.5) is 13.2 Å². The number of thiophene rings is 1. The van der Waals surface area contributed by atoms with Crippen LogP contribution >= 0.6 is 35.3 Å². The van der Waals surface area contributed by atoms with Crippen molar-refractivity contribution in [2.45, 2.75) is 25.1 Å². The molecule has 10 heteroatoms. The zero-order chi connectivity index (χ0) is 16.9. The molecule has 1 amide bonds. The van der Waals surface area contributed by atoms with Gasteiger partial charge in [-0.15, -0.1) is 23.7 Å². The molecule has 1 saturated heterocycles. The molecule has 1 fully saturated rings. The summed E-state index contributed by atoms with van der Waals surface area (Å²) in [6, 6.07) is 1.92. The molecule has 1 aromatic heterocycles. The van der Waals surface area contributed by atoms with Gasteiger partial charge in [0.2, 0.25) is 5.91 Å². The monoisotopic (exact) mass is 405 g/mol. The summed E-state index contributed by atoms with van der Waals surface area (Å²) in [4.78, 5) is 14.1. The smallest absolute Gasteiger partial charge is 0.354 e. The van der Waals surface area contributed by atoms with Crippen molar-refractivity contribution in [3.63, 3.8) is 0 Å². The van der Waals surface area contributed by atoms with E-state index in [2.05, 4.69) is 10.6 Å². The fourth-order valence-electron chi connectivity index (χ4n) is 2.47. The molecular weight excluding hydrogens is 386 g/mol. The SMILES string of the molecule is Cl.O=C(CCc1ccc(Cl)s1)NCC(N1CCNCC1)C(F)(F)F. The molecule has 2 heterocycles. The summed E-state index contributed by atoms with van der Waals surface area (Å²) in [7, 11) is 0. The number of halogens is 5. The summed E-state index contributed by atoms with van der Waals surface area (Å²) in [5.41, 5.74) is 0. The maximum atomic E-state index is 13.2. The van der Waals surface area contributed by atoms with Gasteiger partial charge < -0.3 is 10.6 Å². The molecule has 1 atom stereocenters. The first-order chi connectivity index (χ1) is 10.9. The minimum atomic E-state index is -4.36. The molecule has 1 aliphatic heterocycles. The number of nitrogens with zero attached hydrogens (tertiary/aromatic N) is 1. The predicted octanol–water partition coefficient (Wildman–Crippen LogP) is 2.71. The molecule has 1 unspecified atom stereocenters. The number of carbonyl (C=O) groups is 1. The van der Waals surface area contributed by atoms with Crippen LogP contribution in [0.5, 0.6) is 0 Å². The maximum Gasteiger partial charge on any atom is 0.405 e. The van der Waals surface area contributed by atoms with Crippen LogP contribution in [0.1, 0.15) is 11.3 Å². The Morgan fingerprint density at radius 2 is 2.04 bits per heavy atom. The average molecular weight is 406 g/mol. The van der Waals surface area contributed by atoms with Crippen LogP contribution in [0.25, 0.3) is 0 Å². The molecule has 0 radical (unpaired) electrons. The quantitative estimate of drug-likeness (QED) is 0.764. The Morgan fingerprint density at radius 1 is 1.38 bits per heavy atom. The van der Waals surface area contributed by atoms with Crippen molar-refractivity contribution in [3.8, 4) is 0 Å². The van der Waals surface area contributed by atoms with E-state index in [0.29, 0.717) is 36.9 Å². The molecule has 0 spiro atoms. The van der Waals surface area contributed by atoms with Gasteiger partial charge in [0.05, 0.1) is 4.34 Å². The fraction of sp³-hybridized carbons (Fsp3) is 0.643. The Kier molecular flexibility index (Phi) is 8.80. The molecule has 1 aliphatic rings. The number of carbonyl (C=O) groups excluding carboxylic acids is 1. The van der Waals surface area contributed by atoms with Crippen molar-refractivity contribution in [1.29, 1.82) is 0 Å². The predicted molar refractivity (Wildman–Crippen MR) is 92.2 cm³/mol. The van der Waals surface area contributed by atoms with Crippen LogP contribution in [-0.4, -0.2) is 55.7 Å². The van der Waals surface area contributed by atoms with Crippen molar-refractivity contribution in [2.75, 3.05) is 32.7 Å². The van der Waals surface area contributed by atoms with E-state index in [1.807, 2.05) is 6.07 Å². The Labute approximate surface area is 154 Å². The van der Waals surface area contributed by atoms with Crippen LogP contribution in [0.2, 0.25) is 4.34 Å². The maximum absolute atomic E-state index is 13.2. The topological polar surface area (TPSA) is 44.4 Å². The summed E-state index contributed by atoms with van der Waals surface area (Å²) in [6.45, 7) is 1.30. The van der Waals surface area contributed by atoms with Gasteiger partial charge in [0.15, 0.2) is 0 Å². The van der Waals surface area contributed by atoms with Crippen molar-refractivity contribution >= 4 is 41.3 Å². The lowest BCUT2D eigenvalue weighted by Gasteiger charge is -2.35. The number of alkyl halides is 3. The van der Waals surface area contributed by atoms with Gasteiger partial charge in [-0.05, 0) is 18.6 Å². The molecule has 0 saturated carbocycles. The summed E-state index contributed by atoms with van der Waals surface area (Å²) >= 11 is 7.17. The van der Waals surface area contributed by atoms with Crippen LogP contribution in [-0.2, 0) is 11.2 Å². The number of hydrogen-bond acceptors (Lipinski definition) is 4. The molecule has 24 heavy (non-hydrogen) atoms. The molecule has 1 aromatic rings. The van der Waals surface area contributed by atoms with E-state index in [1.165, 1.54) is 16.2 Å². The van der Waals surface area contributed by atoms with E-state index < -0.39 is 18.8 Å². The summed E-state index contributed by atoms with van der Waals surface area (Å²) in [5, 5.41) is 5.43. The third-order valence-electron chi connectivity index (χ3n) is 3.69. The number of rotatable bonds is 6. The molecule has 138 valence electrons. The largest absolute Gasteiger partial charge is 0.405 e. The van der Waals surface area contributed by atoms with Crippen LogP contribution in [0.15, 0.2) is 12.1 Å². The Hall–Kier alpha value is -0.540. The van der Waals surface area contributed by atoms with Gasteiger partial charge in [0.1, 0.15) is 6.04 Å². The summed E-state index contributed by atoms with van der Waals surface area (Å²) < 4.78 is 40.2. The molecule has 0 bridgehead atoms. The van der Waals surface area contributed by atoms with E-state index in [1.54, 1.807) is 6.07 Å². The zero-order valence-corrected chi connectivity index (χ0v) is 15.3. The third kappa shape index (κ3) is 6.76. The van der Waals surface area contributed by atoms with Gasteiger partial charge in [-0.1, -0.05) is 11.6 Å². The van der Waals surface area contributed by atoms with Crippen molar-refractivity contribution in [3.05, 3.63) is 21.3 Å². The van der Waals surface area contributed by atoms with Gasteiger partial charge >= 0.3 is 6.18 Å². The molecule has 2 rings (SSSR count). The normalized spacial score (nSPS) is 17.2.